The summed E-state index contributed by atoms with van der Waals surface area (Å²) in [7, 11) is 0. The minimum Gasteiger partial charge on any atom is -0.454 e. The number of fused-ring (bicyclic) bond motifs is 1. The van der Waals surface area contributed by atoms with Gasteiger partial charge in [0.05, 0.1) is 10.6 Å². The van der Waals surface area contributed by atoms with Crippen LogP contribution in [0.4, 0.5) is 11.4 Å². The number of nitro benzene ring substituents is 1. The minimum atomic E-state index is -0.398. The van der Waals surface area contributed by atoms with E-state index in [-0.39, 0.29) is 5.69 Å². The Kier molecular flexibility index (Phi) is 5.31. The predicted octanol–water partition coefficient (Wildman–Crippen LogP) is 6.15. The van der Waals surface area contributed by atoms with Crippen LogP contribution < -0.4 is 4.80 Å². The van der Waals surface area contributed by atoms with Gasteiger partial charge in [-0.2, -0.15) is 0 Å². The Morgan fingerprint density at radius 2 is 1.93 bits per heavy atom. The molecule has 0 spiro atoms. The van der Waals surface area contributed by atoms with E-state index in [0.29, 0.717) is 11.6 Å². The van der Waals surface area contributed by atoms with Crippen LogP contribution in [0.15, 0.2) is 69.4 Å². The molecule has 0 bridgehead atoms. The first-order valence-electron chi connectivity index (χ1n) is 9.48. The van der Waals surface area contributed by atoms with Crippen molar-refractivity contribution in [1.29, 1.82) is 0 Å². The van der Waals surface area contributed by atoms with E-state index in [4.69, 9.17) is 4.42 Å². The molecule has 2 aromatic heterocycles. The fourth-order valence-electron chi connectivity index (χ4n) is 3.14. The number of benzene rings is 2. The molecule has 7 heteroatoms. The molecule has 0 atom stereocenters. The Labute approximate surface area is 171 Å². The highest BCUT2D eigenvalue weighted by Crippen LogP contribution is 2.30. The molecule has 0 aliphatic rings. The van der Waals surface area contributed by atoms with Crippen LogP contribution in [0.5, 0.6) is 0 Å². The van der Waals surface area contributed by atoms with Crippen molar-refractivity contribution in [2.75, 3.05) is 0 Å². The number of nitro groups is 1. The monoisotopic (exact) mass is 407 g/mol. The summed E-state index contributed by atoms with van der Waals surface area (Å²) in [6.45, 7) is 5.10. The quantitative estimate of drug-likeness (QED) is 0.284. The van der Waals surface area contributed by atoms with Gasteiger partial charge in [-0.3, -0.25) is 10.1 Å². The van der Waals surface area contributed by atoms with Crippen LogP contribution in [0, 0.1) is 16.0 Å². The molecule has 148 valence electrons. The third kappa shape index (κ3) is 4.00. The zero-order valence-electron chi connectivity index (χ0n) is 16.2. The van der Waals surface area contributed by atoms with Gasteiger partial charge in [0.25, 0.3) is 5.69 Å². The molecule has 0 saturated carbocycles. The Morgan fingerprint density at radius 1 is 1.17 bits per heavy atom. The lowest BCUT2D eigenvalue weighted by Gasteiger charge is -2.09. The van der Waals surface area contributed by atoms with Crippen LogP contribution in [-0.2, 0) is 6.54 Å². The maximum atomic E-state index is 11.4. The third-order valence-electron chi connectivity index (χ3n) is 4.70. The molecule has 2 heterocycles. The second kappa shape index (κ2) is 8.05. The molecule has 0 aliphatic heterocycles. The lowest BCUT2D eigenvalue weighted by molar-refractivity contribution is -0.384. The van der Waals surface area contributed by atoms with Crippen molar-refractivity contribution in [2.24, 2.45) is 10.9 Å². The summed E-state index contributed by atoms with van der Waals surface area (Å²) < 4.78 is 8.16. The number of hydrogen-bond acceptors (Lipinski definition) is 5. The van der Waals surface area contributed by atoms with Crippen LogP contribution in [0.2, 0.25) is 0 Å². The van der Waals surface area contributed by atoms with Crippen LogP contribution >= 0.6 is 11.3 Å². The Bertz CT molecular complexity index is 1200. The average molecular weight is 407 g/mol. The first-order chi connectivity index (χ1) is 14.0. The molecule has 0 unspecified atom stereocenters. The molecule has 0 fully saturated rings. The Morgan fingerprint density at radius 3 is 2.69 bits per heavy atom. The maximum Gasteiger partial charge on any atom is 0.294 e. The molecule has 29 heavy (non-hydrogen) atoms. The Balaban J connectivity index is 1.86. The molecule has 0 radical (unpaired) electrons. The number of rotatable bonds is 6. The number of nitrogens with zero attached hydrogens (tertiary/aromatic N) is 3. The van der Waals surface area contributed by atoms with E-state index in [1.54, 1.807) is 18.2 Å². The van der Waals surface area contributed by atoms with E-state index in [1.165, 1.54) is 17.4 Å². The molecular weight excluding hydrogens is 386 g/mol. The second-order valence-corrected chi connectivity index (χ2v) is 8.08. The Hall–Kier alpha value is -3.19. The molecular formula is C22H21N3O3S. The van der Waals surface area contributed by atoms with Crippen LogP contribution in [0.3, 0.4) is 0 Å². The summed E-state index contributed by atoms with van der Waals surface area (Å²) in [4.78, 5) is 16.3. The van der Waals surface area contributed by atoms with Crippen molar-refractivity contribution in [1.82, 2.24) is 4.57 Å². The number of thiazole rings is 1. The van der Waals surface area contributed by atoms with Crippen molar-refractivity contribution < 1.29 is 9.34 Å². The van der Waals surface area contributed by atoms with Crippen molar-refractivity contribution in [3.63, 3.8) is 0 Å². The highest BCUT2D eigenvalue weighted by atomic mass is 32.1. The predicted molar refractivity (Wildman–Crippen MR) is 115 cm³/mol. The van der Waals surface area contributed by atoms with E-state index in [0.717, 1.165) is 40.2 Å². The largest absolute Gasteiger partial charge is 0.454 e. The fourth-order valence-corrected chi connectivity index (χ4v) is 4.07. The normalized spacial score (nSPS) is 12.2. The number of furan rings is 1. The van der Waals surface area contributed by atoms with E-state index in [2.05, 4.69) is 23.4 Å². The maximum absolute atomic E-state index is 11.4. The summed E-state index contributed by atoms with van der Waals surface area (Å²) in [5, 5.41) is 14.4. The SMILES string of the molecule is CC(C)CCn1c(-c2cc3ccccc3o2)csc1=Nc1ccccc1[N+](=O)[O-]. The number of aromatic nitrogens is 1. The highest BCUT2D eigenvalue weighted by molar-refractivity contribution is 7.07. The lowest BCUT2D eigenvalue weighted by Crippen LogP contribution is -2.17. The smallest absolute Gasteiger partial charge is 0.294 e. The van der Waals surface area contributed by atoms with Gasteiger partial charge in [0, 0.05) is 23.4 Å². The summed E-state index contributed by atoms with van der Waals surface area (Å²) in [6, 6.07) is 16.5. The summed E-state index contributed by atoms with van der Waals surface area (Å²) in [6.07, 6.45) is 0.966. The molecule has 2 aromatic carbocycles. The molecule has 0 aliphatic carbocycles. The van der Waals surface area contributed by atoms with E-state index in [9.17, 15) is 10.1 Å². The molecule has 0 amide bonds. The van der Waals surface area contributed by atoms with Crippen molar-refractivity contribution >= 4 is 33.7 Å². The van der Waals surface area contributed by atoms with Gasteiger partial charge in [-0.05, 0) is 30.5 Å². The first kappa shape index (κ1) is 19.1. The topological polar surface area (TPSA) is 73.6 Å². The lowest BCUT2D eigenvalue weighted by atomic mass is 10.1. The summed E-state index contributed by atoms with van der Waals surface area (Å²) >= 11 is 1.46. The van der Waals surface area contributed by atoms with Gasteiger partial charge in [0.1, 0.15) is 11.3 Å². The summed E-state index contributed by atoms with van der Waals surface area (Å²) in [5.74, 6) is 1.29. The zero-order valence-corrected chi connectivity index (χ0v) is 17.1. The summed E-state index contributed by atoms with van der Waals surface area (Å²) in [5.41, 5.74) is 2.13. The minimum absolute atomic E-state index is 0.00148. The van der Waals surface area contributed by atoms with E-state index < -0.39 is 4.92 Å². The second-order valence-electron chi connectivity index (χ2n) is 7.24. The van der Waals surface area contributed by atoms with Gasteiger partial charge in [-0.15, -0.1) is 11.3 Å². The van der Waals surface area contributed by atoms with Crippen LogP contribution in [0.25, 0.3) is 22.4 Å². The van der Waals surface area contributed by atoms with Crippen molar-refractivity contribution in [3.05, 3.63) is 74.9 Å². The van der Waals surface area contributed by atoms with Crippen LogP contribution in [0.1, 0.15) is 20.3 Å². The molecule has 0 N–H and O–H groups in total. The third-order valence-corrected chi connectivity index (χ3v) is 5.56. The van der Waals surface area contributed by atoms with Crippen molar-refractivity contribution in [3.8, 4) is 11.5 Å². The van der Waals surface area contributed by atoms with E-state index >= 15 is 0 Å². The van der Waals surface area contributed by atoms with Gasteiger partial charge in [0.2, 0.25) is 0 Å². The fraction of sp³-hybridized carbons (Fsp3) is 0.227. The number of para-hydroxylation sites is 3. The van der Waals surface area contributed by atoms with Gasteiger partial charge >= 0.3 is 0 Å². The van der Waals surface area contributed by atoms with Gasteiger partial charge in [-0.25, -0.2) is 4.99 Å². The molecule has 6 nitrogen and oxygen atoms in total. The van der Waals surface area contributed by atoms with Gasteiger partial charge in [0.15, 0.2) is 10.6 Å². The molecule has 4 rings (SSSR count). The highest BCUT2D eigenvalue weighted by Gasteiger charge is 2.16. The standard InChI is InChI=1S/C22H21N3O3S/c1-15(2)11-12-24-19(21-13-16-7-3-6-10-20(16)28-21)14-29-22(24)23-17-8-4-5-9-18(17)25(26)27/h3-10,13-15H,11-12H2,1-2H3. The van der Waals surface area contributed by atoms with Gasteiger partial charge < -0.3 is 8.98 Å². The number of hydrogen-bond donors (Lipinski definition) is 0. The van der Waals surface area contributed by atoms with E-state index in [1.807, 2.05) is 35.7 Å². The van der Waals surface area contributed by atoms with Crippen LogP contribution in [-0.4, -0.2) is 9.49 Å². The first-order valence-corrected chi connectivity index (χ1v) is 10.4. The zero-order chi connectivity index (χ0) is 20.4. The molecule has 4 aromatic rings. The molecule has 0 saturated heterocycles. The average Bonchev–Trinajstić information content (AvgIpc) is 3.30. The van der Waals surface area contributed by atoms with Crippen molar-refractivity contribution in [2.45, 2.75) is 26.8 Å². The van der Waals surface area contributed by atoms with Gasteiger partial charge in [-0.1, -0.05) is 44.2 Å².